The minimum absolute atomic E-state index is 0. The smallest absolute Gasteiger partial charge is 0.122 e. The van der Waals surface area contributed by atoms with Crippen LogP contribution in [0.5, 0.6) is 0 Å². The van der Waals surface area contributed by atoms with Gasteiger partial charge in [0.1, 0.15) is 5.82 Å². The molecule has 1 aliphatic heterocycles. The van der Waals surface area contributed by atoms with Gasteiger partial charge in [-0.3, -0.25) is 0 Å². The number of halogens is 2. The molecule has 1 aliphatic rings. The van der Waals surface area contributed by atoms with Crippen LogP contribution in [0, 0.1) is 0 Å². The second-order valence-corrected chi connectivity index (χ2v) is 3.72. The highest BCUT2D eigenvalue weighted by Gasteiger charge is 2.14. The summed E-state index contributed by atoms with van der Waals surface area (Å²) in [5.74, 6) is 1.07. The van der Waals surface area contributed by atoms with E-state index in [0.717, 1.165) is 25.5 Å². The van der Waals surface area contributed by atoms with Crippen molar-refractivity contribution in [1.82, 2.24) is 14.9 Å². The van der Waals surface area contributed by atoms with E-state index in [1.165, 1.54) is 12.8 Å². The van der Waals surface area contributed by atoms with Crippen molar-refractivity contribution < 1.29 is 4.74 Å². The molecule has 0 spiro atoms. The summed E-state index contributed by atoms with van der Waals surface area (Å²) in [5.41, 5.74) is 0. The molecule has 4 nitrogen and oxygen atoms in total. The second kappa shape index (κ2) is 7.90. The second-order valence-electron chi connectivity index (χ2n) is 3.72. The SMILES string of the molecule is Cl.Cl.Cn1ccnc1CNCC1CCCO1. The average molecular weight is 268 g/mol. The van der Waals surface area contributed by atoms with Gasteiger partial charge >= 0.3 is 0 Å². The Balaban J connectivity index is 0.00000112. The van der Waals surface area contributed by atoms with Crippen molar-refractivity contribution in [2.24, 2.45) is 7.05 Å². The van der Waals surface area contributed by atoms with Crippen LogP contribution in [0.15, 0.2) is 12.4 Å². The summed E-state index contributed by atoms with van der Waals surface area (Å²) in [5, 5.41) is 3.36. The first-order chi connectivity index (χ1) is 6.86. The van der Waals surface area contributed by atoms with Gasteiger partial charge in [-0.2, -0.15) is 0 Å². The number of ether oxygens (including phenoxy) is 1. The van der Waals surface area contributed by atoms with Gasteiger partial charge in [-0.25, -0.2) is 4.98 Å². The summed E-state index contributed by atoms with van der Waals surface area (Å²) in [7, 11) is 2.01. The Morgan fingerprint density at radius 1 is 1.56 bits per heavy atom. The summed E-state index contributed by atoms with van der Waals surface area (Å²) in [6, 6.07) is 0. The van der Waals surface area contributed by atoms with Crippen LogP contribution in [0.25, 0.3) is 0 Å². The molecule has 2 heterocycles. The molecule has 0 radical (unpaired) electrons. The summed E-state index contributed by atoms with van der Waals surface area (Å²) in [6.45, 7) is 2.69. The third-order valence-corrected chi connectivity index (χ3v) is 2.60. The number of rotatable bonds is 4. The topological polar surface area (TPSA) is 39.1 Å². The van der Waals surface area contributed by atoms with E-state index in [4.69, 9.17) is 4.74 Å². The quantitative estimate of drug-likeness (QED) is 0.900. The summed E-state index contributed by atoms with van der Waals surface area (Å²) >= 11 is 0. The lowest BCUT2D eigenvalue weighted by Gasteiger charge is -2.10. The van der Waals surface area contributed by atoms with Crippen LogP contribution in [0.2, 0.25) is 0 Å². The molecule has 1 unspecified atom stereocenters. The predicted octanol–water partition coefficient (Wildman–Crippen LogP) is 1.53. The predicted molar refractivity (Wildman–Crippen MR) is 68.4 cm³/mol. The maximum atomic E-state index is 5.51. The Morgan fingerprint density at radius 3 is 2.94 bits per heavy atom. The Labute approximate surface area is 109 Å². The van der Waals surface area contributed by atoms with E-state index < -0.39 is 0 Å². The van der Waals surface area contributed by atoms with E-state index in [1.807, 2.05) is 24.0 Å². The molecule has 2 rings (SSSR count). The van der Waals surface area contributed by atoms with Crippen LogP contribution in [-0.2, 0) is 18.3 Å². The lowest BCUT2D eigenvalue weighted by atomic mass is 10.2. The summed E-state index contributed by atoms with van der Waals surface area (Å²) in [6.07, 6.45) is 6.59. The van der Waals surface area contributed by atoms with E-state index in [-0.39, 0.29) is 24.8 Å². The van der Waals surface area contributed by atoms with Crippen molar-refractivity contribution in [3.05, 3.63) is 18.2 Å². The van der Waals surface area contributed by atoms with Crippen molar-refractivity contribution >= 4 is 24.8 Å². The first-order valence-electron chi connectivity index (χ1n) is 5.15. The number of aromatic nitrogens is 2. The Hall–Kier alpha value is -0.290. The lowest BCUT2D eigenvalue weighted by molar-refractivity contribution is 0.109. The van der Waals surface area contributed by atoms with E-state index in [1.54, 1.807) is 0 Å². The van der Waals surface area contributed by atoms with Crippen LogP contribution in [-0.4, -0.2) is 28.8 Å². The van der Waals surface area contributed by atoms with Crippen LogP contribution in [0.4, 0.5) is 0 Å². The number of hydrogen-bond donors (Lipinski definition) is 1. The maximum Gasteiger partial charge on any atom is 0.122 e. The van der Waals surface area contributed by atoms with Crippen molar-refractivity contribution in [2.45, 2.75) is 25.5 Å². The molecule has 1 aromatic rings. The minimum atomic E-state index is 0. The Bertz CT molecular complexity index is 287. The van der Waals surface area contributed by atoms with Gasteiger partial charge in [0.25, 0.3) is 0 Å². The van der Waals surface area contributed by atoms with Crippen LogP contribution >= 0.6 is 24.8 Å². The minimum Gasteiger partial charge on any atom is -0.377 e. The van der Waals surface area contributed by atoms with Crippen molar-refractivity contribution in [3.8, 4) is 0 Å². The molecule has 0 aliphatic carbocycles. The zero-order valence-corrected chi connectivity index (χ0v) is 11.0. The highest BCUT2D eigenvalue weighted by atomic mass is 35.5. The number of nitrogens with one attached hydrogen (secondary N) is 1. The Morgan fingerprint density at radius 2 is 2.38 bits per heavy atom. The molecule has 0 amide bonds. The van der Waals surface area contributed by atoms with Gasteiger partial charge < -0.3 is 14.6 Å². The lowest BCUT2D eigenvalue weighted by Crippen LogP contribution is -2.26. The summed E-state index contributed by atoms with van der Waals surface area (Å²) < 4.78 is 7.54. The molecule has 1 saturated heterocycles. The van der Waals surface area contributed by atoms with E-state index in [9.17, 15) is 0 Å². The molecule has 1 aromatic heterocycles. The number of nitrogens with zero attached hydrogens (tertiary/aromatic N) is 2. The van der Waals surface area contributed by atoms with Gasteiger partial charge in [-0.1, -0.05) is 0 Å². The zero-order valence-electron chi connectivity index (χ0n) is 9.39. The van der Waals surface area contributed by atoms with Gasteiger partial charge in [0.05, 0.1) is 12.6 Å². The third kappa shape index (κ3) is 4.29. The van der Waals surface area contributed by atoms with Gasteiger partial charge in [0.2, 0.25) is 0 Å². The van der Waals surface area contributed by atoms with Crippen molar-refractivity contribution in [1.29, 1.82) is 0 Å². The van der Waals surface area contributed by atoms with Crippen LogP contribution in [0.1, 0.15) is 18.7 Å². The molecule has 0 bridgehead atoms. The van der Waals surface area contributed by atoms with Crippen LogP contribution in [0.3, 0.4) is 0 Å². The normalized spacial score (nSPS) is 18.9. The molecular weight excluding hydrogens is 249 g/mol. The van der Waals surface area contributed by atoms with Gasteiger partial charge in [-0.05, 0) is 12.8 Å². The molecule has 0 saturated carbocycles. The molecule has 0 aromatic carbocycles. The first kappa shape index (κ1) is 15.7. The fourth-order valence-electron chi connectivity index (χ4n) is 1.72. The van der Waals surface area contributed by atoms with Gasteiger partial charge in [-0.15, -0.1) is 24.8 Å². The highest BCUT2D eigenvalue weighted by molar-refractivity contribution is 5.85. The van der Waals surface area contributed by atoms with E-state index in [0.29, 0.717) is 6.10 Å². The molecule has 1 atom stereocenters. The molecular formula is C10H19Cl2N3O. The number of aryl methyl sites for hydroxylation is 1. The maximum absolute atomic E-state index is 5.51. The molecule has 94 valence electrons. The molecule has 6 heteroatoms. The van der Waals surface area contributed by atoms with E-state index >= 15 is 0 Å². The molecule has 16 heavy (non-hydrogen) atoms. The fourth-order valence-corrected chi connectivity index (χ4v) is 1.72. The van der Waals surface area contributed by atoms with Gasteiger partial charge in [0, 0.05) is 32.6 Å². The average Bonchev–Trinajstić information content (AvgIpc) is 2.78. The highest BCUT2D eigenvalue weighted by Crippen LogP contribution is 2.10. The zero-order chi connectivity index (χ0) is 9.80. The fraction of sp³-hybridized carbons (Fsp3) is 0.700. The molecule has 1 fully saturated rings. The summed E-state index contributed by atoms with van der Waals surface area (Å²) in [4.78, 5) is 4.24. The monoisotopic (exact) mass is 267 g/mol. The van der Waals surface area contributed by atoms with E-state index in [2.05, 4.69) is 10.3 Å². The molecule has 1 N–H and O–H groups in total. The first-order valence-corrected chi connectivity index (χ1v) is 5.15. The third-order valence-electron chi connectivity index (χ3n) is 2.60. The Kier molecular flexibility index (Phi) is 7.76. The largest absolute Gasteiger partial charge is 0.377 e. The van der Waals surface area contributed by atoms with Crippen LogP contribution < -0.4 is 5.32 Å². The standard InChI is InChI=1S/C10H17N3O.2ClH/c1-13-5-4-12-10(13)8-11-7-9-3-2-6-14-9;;/h4-5,9,11H,2-3,6-8H2,1H3;2*1H. The van der Waals surface area contributed by atoms with Crippen molar-refractivity contribution in [3.63, 3.8) is 0 Å². The number of imidazole rings is 1. The van der Waals surface area contributed by atoms with Crippen molar-refractivity contribution in [2.75, 3.05) is 13.2 Å². The van der Waals surface area contributed by atoms with Gasteiger partial charge in [0.15, 0.2) is 0 Å². The number of hydrogen-bond acceptors (Lipinski definition) is 3.